The van der Waals surface area contributed by atoms with Crippen molar-refractivity contribution in [1.29, 1.82) is 0 Å². The maximum atomic E-state index is 12.1. The van der Waals surface area contributed by atoms with E-state index >= 15 is 0 Å². The van der Waals surface area contributed by atoms with E-state index in [-0.39, 0.29) is 18.2 Å². The molecule has 2 rings (SSSR count). The number of piperidine rings is 1. The number of imide groups is 1. The lowest BCUT2D eigenvalue weighted by Crippen LogP contribution is -2.52. The van der Waals surface area contributed by atoms with E-state index in [1.54, 1.807) is 0 Å². The lowest BCUT2D eigenvalue weighted by Gasteiger charge is -2.21. The second-order valence-corrected chi connectivity index (χ2v) is 6.18. The van der Waals surface area contributed by atoms with Crippen molar-refractivity contribution in [2.45, 2.75) is 45.6 Å². The van der Waals surface area contributed by atoms with Gasteiger partial charge in [0.2, 0.25) is 11.8 Å². The number of hydrogen-bond donors (Lipinski definition) is 2. The quantitative estimate of drug-likeness (QED) is 0.827. The maximum absolute atomic E-state index is 12.1. The molecule has 1 aliphatic rings. The van der Waals surface area contributed by atoms with Crippen LogP contribution in [0.4, 0.5) is 0 Å². The normalized spacial score (nSPS) is 18.8. The highest BCUT2D eigenvalue weighted by Gasteiger charge is 2.28. The molecule has 6 heteroatoms. The van der Waals surface area contributed by atoms with Crippen LogP contribution in [0.25, 0.3) is 0 Å². The predicted molar refractivity (Wildman–Crippen MR) is 76.7 cm³/mol. The summed E-state index contributed by atoms with van der Waals surface area (Å²) in [5.41, 5.74) is 1.19. The van der Waals surface area contributed by atoms with Crippen LogP contribution in [-0.4, -0.2) is 23.8 Å². The fourth-order valence-electron chi connectivity index (χ4n) is 2.21. The molecule has 1 fully saturated rings. The SMILES string of the molecule is CCCc1cc(C(=O)NC2CCC(=O)NC2=O)sc1C. The fourth-order valence-corrected chi connectivity index (χ4v) is 3.18. The predicted octanol–water partition coefficient (Wildman–Crippen LogP) is 1.54. The van der Waals surface area contributed by atoms with Crippen molar-refractivity contribution in [3.8, 4) is 0 Å². The molecular weight excluding hydrogens is 276 g/mol. The summed E-state index contributed by atoms with van der Waals surface area (Å²) >= 11 is 1.44. The summed E-state index contributed by atoms with van der Waals surface area (Å²) < 4.78 is 0. The van der Waals surface area contributed by atoms with E-state index in [9.17, 15) is 14.4 Å². The number of carbonyl (C=O) groups excluding carboxylic acids is 3. The Labute approximate surface area is 121 Å². The minimum atomic E-state index is -0.614. The first-order valence-corrected chi connectivity index (χ1v) is 7.56. The largest absolute Gasteiger partial charge is 0.340 e. The number of rotatable bonds is 4. The van der Waals surface area contributed by atoms with Crippen LogP contribution >= 0.6 is 11.3 Å². The van der Waals surface area contributed by atoms with Crippen molar-refractivity contribution in [2.75, 3.05) is 0 Å². The molecule has 0 saturated carbocycles. The van der Waals surface area contributed by atoms with E-state index in [1.807, 2.05) is 13.0 Å². The third-order valence-electron chi connectivity index (χ3n) is 3.31. The third kappa shape index (κ3) is 3.25. The van der Waals surface area contributed by atoms with Gasteiger partial charge in [0.05, 0.1) is 4.88 Å². The zero-order valence-corrected chi connectivity index (χ0v) is 12.4. The summed E-state index contributed by atoms with van der Waals surface area (Å²) in [6.45, 7) is 4.10. The molecule has 0 aromatic carbocycles. The van der Waals surface area contributed by atoms with Crippen LogP contribution in [0.1, 0.15) is 46.3 Å². The van der Waals surface area contributed by atoms with Crippen molar-refractivity contribution >= 4 is 29.1 Å². The van der Waals surface area contributed by atoms with E-state index in [0.29, 0.717) is 11.3 Å². The van der Waals surface area contributed by atoms with Crippen LogP contribution in [-0.2, 0) is 16.0 Å². The second-order valence-electron chi connectivity index (χ2n) is 4.92. The summed E-state index contributed by atoms with van der Waals surface area (Å²) in [6.07, 6.45) is 2.61. The fraction of sp³-hybridized carbons (Fsp3) is 0.500. The zero-order valence-electron chi connectivity index (χ0n) is 11.6. The topological polar surface area (TPSA) is 75.3 Å². The Hall–Kier alpha value is -1.69. The van der Waals surface area contributed by atoms with Crippen molar-refractivity contribution < 1.29 is 14.4 Å². The van der Waals surface area contributed by atoms with Crippen molar-refractivity contribution in [3.05, 3.63) is 21.4 Å². The third-order valence-corrected chi connectivity index (χ3v) is 4.40. The number of amides is 3. The summed E-state index contributed by atoms with van der Waals surface area (Å²) in [4.78, 5) is 36.6. The van der Waals surface area contributed by atoms with Gasteiger partial charge in [0.25, 0.3) is 5.91 Å². The van der Waals surface area contributed by atoms with Crippen molar-refractivity contribution in [3.63, 3.8) is 0 Å². The van der Waals surface area contributed by atoms with Crippen LogP contribution in [0.15, 0.2) is 6.07 Å². The molecule has 1 aliphatic heterocycles. The van der Waals surface area contributed by atoms with Gasteiger partial charge in [0.1, 0.15) is 6.04 Å². The molecule has 108 valence electrons. The Bertz CT molecular complexity index is 551. The lowest BCUT2D eigenvalue weighted by atomic mass is 10.1. The van der Waals surface area contributed by atoms with Crippen LogP contribution in [0.5, 0.6) is 0 Å². The van der Waals surface area contributed by atoms with Gasteiger partial charge >= 0.3 is 0 Å². The Kier molecular flexibility index (Phi) is 4.54. The van der Waals surface area contributed by atoms with Crippen LogP contribution in [0.3, 0.4) is 0 Å². The highest BCUT2D eigenvalue weighted by molar-refractivity contribution is 7.14. The average molecular weight is 294 g/mol. The van der Waals surface area contributed by atoms with Gasteiger partial charge in [-0.1, -0.05) is 13.3 Å². The summed E-state index contributed by atoms with van der Waals surface area (Å²) in [5.74, 6) is -0.940. The van der Waals surface area contributed by atoms with Crippen LogP contribution < -0.4 is 10.6 Å². The summed E-state index contributed by atoms with van der Waals surface area (Å²) in [6, 6.07) is 1.28. The van der Waals surface area contributed by atoms with Crippen molar-refractivity contribution in [1.82, 2.24) is 10.6 Å². The molecular formula is C14H18N2O3S. The minimum absolute atomic E-state index is 0.241. The Morgan fingerprint density at radius 1 is 1.50 bits per heavy atom. The molecule has 2 heterocycles. The lowest BCUT2D eigenvalue weighted by molar-refractivity contribution is -0.134. The van der Waals surface area contributed by atoms with Crippen LogP contribution in [0.2, 0.25) is 0 Å². The highest BCUT2D eigenvalue weighted by Crippen LogP contribution is 2.23. The van der Waals surface area contributed by atoms with Gasteiger partial charge in [-0.05, 0) is 31.4 Å². The molecule has 1 aromatic heterocycles. The highest BCUT2D eigenvalue weighted by atomic mass is 32.1. The molecule has 1 saturated heterocycles. The molecule has 0 bridgehead atoms. The minimum Gasteiger partial charge on any atom is -0.340 e. The number of thiophene rings is 1. The molecule has 5 nitrogen and oxygen atoms in total. The van der Waals surface area contributed by atoms with E-state index in [4.69, 9.17) is 0 Å². The molecule has 1 aromatic rings. The zero-order chi connectivity index (χ0) is 14.7. The van der Waals surface area contributed by atoms with E-state index in [1.165, 1.54) is 16.9 Å². The number of hydrogen-bond acceptors (Lipinski definition) is 4. The molecule has 3 amide bonds. The maximum Gasteiger partial charge on any atom is 0.262 e. The van der Waals surface area contributed by atoms with Crippen LogP contribution in [0, 0.1) is 6.92 Å². The standard InChI is InChI=1S/C14H18N2O3S/c1-3-4-9-7-11(20-8(9)2)14(19)15-10-5-6-12(17)16-13(10)18/h7,10H,3-6H2,1-2H3,(H,15,19)(H,16,17,18). The Morgan fingerprint density at radius 3 is 2.90 bits per heavy atom. The van der Waals surface area contributed by atoms with Gasteiger partial charge < -0.3 is 5.32 Å². The first-order chi connectivity index (χ1) is 9.51. The Morgan fingerprint density at radius 2 is 2.25 bits per heavy atom. The number of nitrogens with one attached hydrogen (secondary N) is 2. The molecule has 20 heavy (non-hydrogen) atoms. The monoisotopic (exact) mass is 294 g/mol. The van der Waals surface area contributed by atoms with Gasteiger partial charge in [0.15, 0.2) is 0 Å². The molecule has 0 aliphatic carbocycles. The summed E-state index contributed by atoms with van der Waals surface area (Å²) in [5, 5.41) is 4.93. The average Bonchev–Trinajstić information content (AvgIpc) is 2.75. The Balaban J connectivity index is 2.03. The number of aryl methyl sites for hydroxylation is 2. The van der Waals surface area contributed by atoms with E-state index in [0.717, 1.165) is 17.7 Å². The summed E-state index contributed by atoms with van der Waals surface area (Å²) in [7, 11) is 0. The van der Waals surface area contributed by atoms with E-state index < -0.39 is 11.9 Å². The van der Waals surface area contributed by atoms with Gasteiger partial charge in [0, 0.05) is 11.3 Å². The van der Waals surface area contributed by atoms with Gasteiger partial charge in [-0.3, -0.25) is 19.7 Å². The molecule has 1 atom stereocenters. The van der Waals surface area contributed by atoms with Gasteiger partial charge in [-0.15, -0.1) is 11.3 Å². The molecule has 0 spiro atoms. The number of carbonyl (C=O) groups is 3. The second kappa shape index (κ2) is 6.17. The molecule has 0 radical (unpaired) electrons. The van der Waals surface area contributed by atoms with Gasteiger partial charge in [-0.25, -0.2) is 0 Å². The first kappa shape index (κ1) is 14.7. The van der Waals surface area contributed by atoms with Gasteiger partial charge in [-0.2, -0.15) is 0 Å². The smallest absolute Gasteiger partial charge is 0.262 e. The molecule has 1 unspecified atom stereocenters. The van der Waals surface area contributed by atoms with Crippen molar-refractivity contribution in [2.24, 2.45) is 0 Å². The van der Waals surface area contributed by atoms with E-state index in [2.05, 4.69) is 17.6 Å². The molecule has 2 N–H and O–H groups in total. The first-order valence-electron chi connectivity index (χ1n) is 6.75.